The van der Waals surface area contributed by atoms with Gasteiger partial charge in [-0.2, -0.15) is 0 Å². The van der Waals surface area contributed by atoms with Gasteiger partial charge in [-0.3, -0.25) is 19.5 Å². The maximum absolute atomic E-state index is 13.6. The van der Waals surface area contributed by atoms with Gasteiger partial charge in [0.05, 0.1) is 43.7 Å². The highest BCUT2D eigenvalue weighted by molar-refractivity contribution is 6.13. The molecule has 1 aliphatic rings. The third-order valence-corrected chi connectivity index (χ3v) is 8.71. The lowest BCUT2D eigenvalue weighted by molar-refractivity contribution is 0.102. The topological polar surface area (TPSA) is 111 Å². The molecule has 0 radical (unpaired) electrons. The predicted molar refractivity (Wildman–Crippen MR) is 191 cm³/mol. The highest BCUT2D eigenvalue weighted by Crippen LogP contribution is 2.35. The maximum Gasteiger partial charge on any atom is 0.257 e. The number of methoxy groups -OCH3 is 3. The number of pyridine rings is 1. The van der Waals surface area contributed by atoms with Crippen molar-refractivity contribution >= 4 is 34.1 Å². The standard InChI is InChI=1S/C39H39FN4O6/c1-47-34-20-29-24-44(16-13-26(29)19-37(34)50-17-14-40)15-12-25-8-10-30(11-9-25)42-39(46)31-21-35(48-2)36(49-3)22-33(31)43-38(45)28-18-27-6-4-5-7-32(27)41-23-28/h4-11,18-23H,12-17,24H2,1-3H3,(H,42,46)(H,43,45). The molecule has 50 heavy (non-hydrogen) atoms. The monoisotopic (exact) mass is 678 g/mol. The van der Waals surface area contributed by atoms with Crippen molar-refractivity contribution in [1.29, 1.82) is 0 Å². The second-order valence-electron chi connectivity index (χ2n) is 11.9. The number of ether oxygens (including phenoxy) is 4. The van der Waals surface area contributed by atoms with Gasteiger partial charge in [-0.25, -0.2) is 4.39 Å². The van der Waals surface area contributed by atoms with Crippen LogP contribution >= 0.6 is 0 Å². The molecule has 0 unspecified atom stereocenters. The lowest BCUT2D eigenvalue weighted by Gasteiger charge is -2.29. The SMILES string of the molecule is COc1cc(NC(=O)c2cnc3ccccc3c2)c(C(=O)Nc2ccc(CCN3CCc4cc(OCCF)c(OC)cc4C3)cc2)cc1OC. The van der Waals surface area contributed by atoms with Crippen molar-refractivity contribution in [3.8, 4) is 23.0 Å². The summed E-state index contributed by atoms with van der Waals surface area (Å²) in [6.45, 7) is 1.99. The van der Waals surface area contributed by atoms with Crippen molar-refractivity contribution in [2.24, 2.45) is 0 Å². The molecule has 10 nitrogen and oxygen atoms in total. The number of aromatic nitrogens is 1. The molecule has 0 spiro atoms. The molecule has 258 valence electrons. The zero-order valence-corrected chi connectivity index (χ0v) is 28.3. The third-order valence-electron chi connectivity index (χ3n) is 8.71. The summed E-state index contributed by atoms with van der Waals surface area (Å²) in [4.78, 5) is 33.7. The van der Waals surface area contributed by atoms with E-state index in [0.717, 1.165) is 48.9 Å². The second-order valence-corrected chi connectivity index (χ2v) is 11.9. The van der Waals surface area contributed by atoms with E-state index >= 15 is 0 Å². The van der Waals surface area contributed by atoms with Gasteiger partial charge in [0, 0.05) is 43.0 Å². The molecule has 2 N–H and O–H groups in total. The Kier molecular flexibility index (Phi) is 10.7. The Morgan fingerprint density at radius 1 is 0.820 bits per heavy atom. The normalized spacial score (nSPS) is 12.6. The highest BCUT2D eigenvalue weighted by atomic mass is 19.1. The third kappa shape index (κ3) is 7.79. The predicted octanol–water partition coefficient (Wildman–Crippen LogP) is 6.71. The lowest BCUT2D eigenvalue weighted by Crippen LogP contribution is -2.32. The molecular weight excluding hydrogens is 639 g/mol. The summed E-state index contributed by atoms with van der Waals surface area (Å²) >= 11 is 0. The smallest absolute Gasteiger partial charge is 0.257 e. The Labute approximate surface area is 290 Å². The van der Waals surface area contributed by atoms with Crippen LogP contribution in [0.5, 0.6) is 23.0 Å². The number of benzene rings is 4. The van der Waals surface area contributed by atoms with Crippen LogP contribution in [0.2, 0.25) is 0 Å². The molecule has 0 saturated heterocycles. The van der Waals surface area contributed by atoms with Crippen molar-refractivity contribution in [2.45, 2.75) is 19.4 Å². The second kappa shape index (κ2) is 15.7. The first-order valence-electron chi connectivity index (χ1n) is 16.3. The number of fused-ring (bicyclic) bond motifs is 2. The minimum Gasteiger partial charge on any atom is -0.493 e. The maximum atomic E-state index is 13.6. The summed E-state index contributed by atoms with van der Waals surface area (Å²) in [7, 11) is 4.56. The van der Waals surface area contributed by atoms with Crippen molar-refractivity contribution in [1.82, 2.24) is 9.88 Å². The van der Waals surface area contributed by atoms with Crippen molar-refractivity contribution < 1.29 is 32.9 Å². The van der Waals surface area contributed by atoms with Gasteiger partial charge < -0.3 is 29.6 Å². The molecule has 11 heteroatoms. The number of anilines is 2. The number of para-hydroxylation sites is 1. The molecule has 5 aromatic rings. The van der Waals surface area contributed by atoms with Crippen LogP contribution in [-0.4, -0.2) is 69.4 Å². The van der Waals surface area contributed by atoms with E-state index in [9.17, 15) is 14.0 Å². The molecular formula is C39H39FN4O6. The molecule has 0 bridgehead atoms. The number of nitrogens with zero attached hydrogens (tertiary/aromatic N) is 2. The van der Waals surface area contributed by atoms with E-state index in [1.807, 2.05) is 60.7 Å². The largest absolute Gasteiger partial charge is 0.493 e. The highest BCUT2D eigenvalue weighted by Gasteiger charge is 2.21. The van der Waals surface area contributed by atoms with Crippen LogP contribution < -0.4 is 29.6 Å². The number of nitrogens with one attached hydrogen (secondary N) is 2. The lowest BCUT2D eigenvalue weighted by atomic mass is 9.98. The molecule has 0 atom stereocenters. The Balaban J connectivity index is 1.11. The van der Waals surface area contributed by atoms with Crippen LogP contribution in [-0.2, 0) is 19.4 Å². The van der Waals surface area contributed by atoms with Crippen LogP contribution in [0.1, 0.15) is 37.4 Å². The average molecular weight is 679 g/mol. The Morgan fingerprint density at radius 3 is 2.30 bits per heavy atom. The van der Waals surface area contributed by atoms with Gasteiger partial charge >= 0.3 is 0 Å². The zero-order valence-electron chi connectivity index (χ0n) is 28.3. The van der Waals surface area contributed by atoms with Crippen LogP contribution in [0.4, 0.5) is 15.8 Å². The van der Waals surface area contributed by atoms with E-state index in [4.69, 9.17) is 18.9 Å². The molecule has 0 fully saturated rings. The van der Waals surface area contributed by atoms with Gasteiger partial charge in [0.25, 0.3) is 11.8 Å². The number of alkyl halides is 1. The molecule has 2 amide bonds. The summed E-state index contributed by atoms with van der Waals surface area (Å²) in [6.07, 6.45) is 3.20. The summed E-state index contributed by atoms with van der Waals surface area (Å²) < 4.78 is 34.6. The van der Waals surface area contributed by atoms with E-state index in [1.54, 1.807) is 25.3 Å². The Morgan fingerprint density at radius 2 is 1.54 bits per heavy atom. The first-order valence-corrected chi connectivity index (χ1v) is 16.3. The van der Waals surface area contributed by atoms with Crippen LogP contribution in [0.15, 0.2) is 85.1 Å². The number of halogens is 1. The van der Waals surface area contributed by atoms with Gasteiger partial charge in [-0.1, -0.05) is 30.3 Å². The van der Waals surface area contributed by atoms with Gasteiger partial charge in [0.2, 0.25) is 0 Å². The van der Waals surface area contributed by atoms with Crippen LogP contribution in [0.25, 0.3) is 10.9 Å². The fourth-order valence-electron chi connectivity index (χ4n) is 6.03. The summed E-state index contributed by atoms with van der Waals surface area (Å²) in [5, 5.41) is 6.63. The zero-order chi connectivity index (χ0) is 35.0. The van der Waals surface area contributed by atoms with Crippen molar-refractivity contribution in [2.75, 3.05) is 58.3 Å². The molecule has 4 aromatic carbocycles. The van der Waals surface area contributed by atoms with E-state index in [-0.39, 0.29) is 17.9 Å². The van der Waals surface area contributed by atoms with E-state index in [2.05, 4.69) is 20.5 Å². The number of amides is 2. The molecule has 1 aromatic heterocycles. The fraction of sp³-hybridized carbons (Fsp3) is 0.256. The van der Waals surface area contributed by atoms with Gasteiger partial charge in [-0.05, 0) is 72.0 Å². The molecule has 6 rings (SSSR count). The number of hydrogen-bond acceptors (Lipinski definition) is 8. The number of carbonyl (C=O) groups excluding carboxylic acids is 2. The molecule has 0 aliphatic carbocycles. The van der Waals surface area contributed by atoms with Gasteiger partial charge in [0.15, 0.2) is 23.0 Å². The summed E-state index contributed by atoms with van der Waals surface area (Å²) in [6, 6.07) is 24.1. The molecule has 0 saturated carbocycles. The number of hydrogen-bond donors (Lipinski definition) is 2. The van der Waals surface area contributed by atoms with Crippen LogP contribution in [0, 0.1) is 0 Å². The van der Waals surface area contributed by atoms with Gasteiger partial charge in [-0.15, -0.1) is 0 Å². The van der Waals surface area contributed by atoms with E-state index in [0.29, 0.717) is 34.2 Å². The Hall–Kier alpha value is -5.68. The molecule has 1 aliphatic heterocycles. The Bertz CT molecular complexity index is 2000. The number of rotatable bonds is 13. The van der Waals surface area contributed by atoms with Crippen molar-refractivity contribution in [3.05, 3.63) is 113 Å². The minimum absolute atomic E-state index is 0.00403. The first kappa shape index (κ1) is 34.2. The fourth-order valence-corrected chi connectivity index (χ4v) is 6.03. The average Bonchev–Trinajstić information content (AvgIpc) is 3.15. The van der Waals surface area contributed by atoms with Crippen LogP contribution in [0.3, 0.4) is 0 Å². The first-order chi connectivity index (χ1) is 24.4. The number of carbonyl (C=O) groups is 2. The summed E-state index contributed by atoms with van der Waals surface area (Å²) in [5.41, 5.74) is 5.70. The summed E-state index contributed by atoms with van der Waals surface area (Å²) in [5.74, 6) is 1.06. The van der Waals surface area contributed by atoms with E-state index in [1.165, 1.54) is 31.5 Å². The van der Waals surface area contributed by atoms with Crippen molar-refractivity contribution in [3.63, 3.8) is 0 Å². The molecule has 2 heterocycles. The minimum atomic E-state index is -0.550. The van der Waals surface area contributed by atoms with Gasteiger partial charge in [0.1, 0.15) is 13.3 Å². The van der Waals surface area contributed by atoms with E-state index < -0.39 is 18.5 Å². The quantitative estimate of drug-likeness (QED) is 0.141.